The van der Waals surface area contributed by atoms with Gasteiger partial charge in [-0.2, -0.15) is 0 Å². The number of primary amides is 1. The van der Waals surface area contributed by atoms with Crippen molar-refractivity contribution in [2.24, 2.45) is 17.6 Å². The van der Waals surface area contributed by atoms with E-state index >= 15 is 0 Å². The van der Waals surface area contributed by atoms with Gasteiger partial charge in [0.2, 0.25) is 11.8 Å². The quantitative estimate of drug-likeness (QED) is 0.475. The number of nitrogens with two attached hydrogens (primary N) is 1. The minimum absolute atomic E-state index is 0.0395. The lowest BCUT2D eigenvalue weighted by atomic mass is 9.84. The number of piperazine rings is 1. The molecular formula is C33H46N4O4. The third kappa shape index (κ3) is 6.75. The lowest BCUT2D eigenvalue weighted by Crippen LogP contribution is -2.71. The van der Waals surface area contributed by atoms with E-state index in [1.807, 2.05) is 56.8 Å². The number of anilines is 1. The van der Waals surface area contributed by atoms with Crippen molar-refractivity contribution in [2.75, 3.05) is 32.1 Å². The zero-order valence-electron chi connectivity index (χ0n) is 25.6. The van der Waals surface area contributed by atoms with Gasteiger partial charge in [-0.15, -0.1) is 0 Å². The number of benzene rings is 2. The summed E-state index contributed by atoms with van der Waals surface area (Å²) in [6.07, 6.45) is 1.92. The molecule has 1 fully saturated rings. The Morgan fingerprint density at radius 2 is 1.68 bits per heavy atom. The summed E-state index contributed by atoms with van der Waals surface area (Å²) in [6.45, 7) is 11.3. The molecule has 0 bridgehead atoms. The molecule has 2 aliphatic rings. The Morgan fingerprint density at radius 3 is 2.22 bits per heavy atom. The van der Waals surface area contributed by atoms with Crippen LogP contribution in [-0.4, -0.2) is 72.4 Å². The van der Waals surface area contributed by atoms with E-state index in [0.717, 1.165) is 19.4 Å². The second-order valence-corrected chi connectivity index (χ2v) is 13.2. The highest BCUT2D eigenvalue weighted by Gasteiger charge is 2.53. The largest absolute Gasteiger partial charge is 0.492 e. The fourth-order valence-corrected chi connectivity index (χ4v) is 6.27. The molecule has 2 N–H and O–H groups in total. The smallest absolute Gasteiger partial charge is 0.250 e. The molecular weight excluding hydrogens is 516 g/mol. The first-order chi connectivity index (χ1) is 19.3. The average molecular weight is 563 g/mol. The van der Waals surface area contributed by atoms with Crippen LogP contribution in [0.15, 0.2) is 42.5 Å². The van der Waals surface area contributed by atoms with Gasteiger partial charge in [0.1, 0.15) is 24.4 Å². The summed E-state index contributed by atoms with van der Waals surface area (Å²) in [5.74, 6) is 0.0246. The number of carbonyl (C=O) groups is 3. The van der Waals surface area contributed by atoms with Gasteiger partial charge in [0.05, 0.1) is 12.1 Å². The van der Waals surface area contributed by atoms with Crippen LogP contribution in [0.2, 0.25) is 0 Å². The zero-order chi connectivity index (χ0) is 30.1. The molecule has 8 nitrogen and oxygen atoms in total. The number of rotatable bonds is 10. The van der Waals surface area contributed by atoms with E-state index in [2.05, 4.69) is 26.0 Å². The fraction of sp³-hybridized carbons (Fsp3) is 0.545. The van der Waals surface area contributed by atoms with Crippen LogP contribution in [0.5, 0.6) is 5.75 Å². The molecule has 0 radical (unpaired) electrons. The Hall–Kier alpha value is -3.39. The molecule has 0 unspecified atom stereocenters. The number of fused-ring (bicyclic) bond motifs is 1. The molecule has 1 heterocycles. The van der Waals surface area contributed by atoms with Crippen molar-refractivity contribution in [3.8, 4) is 5.75 Å². The number of amides is 3. The van der Waals surface area contributed by atoms with E-state index in [1.54, 1.807) is 23.1 Å². The predicted molar refractivity (Wildman–Crippen MR) is 162 cm³/mol. The van der Waals surface area contributed by atoms with E-state index in [-0.39, 0.29) is 30.1 Å². The molecule has 0 saturated carbocycles. The molecule has 8 heteroatoms. The lowest BCUT2D eigenvalue weighted by Gasteiger charge is -2.52. The van der Waals surface area contributed by atoms with Crippen LogP contribution in [0.25, 0.3) is 0 Å². The number of nitrogens with zero attached hydrogens (tertiary/aromatic N) is 3. The molecule has 1 aliphatic heterocycles. The first kappa shape index (κ1) is 30.6. The molecule has 2 atom stereocenters. The summed E-state index contributed by atoms with van der Waals surface area (Å²) in [5, 5.41) is 0. The molecule has 2 aromatic carbocycles. The van der Waals surface area contributed by atoms with Crippen molar-refractivity contribution >= 4 is 23.4 Å². The molecule has 1 saturated heterocycles. The van der Waals surface area contributed by atoms with Crippen LogP contribution in [0.3, 0.4) is 0 Å². The van der Waals surface area contributed by atoms with Gasteiger partial charge < -0.3 is 20.3 Å². The standard InChI is InChI=1S/C33H46N4O4/c1-21(2)16-28-31(39)37(33(3,4)5)30(25-17-22-10-8-9-11-23(22)18-25)32(40)36(28)27-20-26(41-15-14-35(6)7)13-12-24(27)19-29(34)38/h8-13,20-21,25,28,30H,14-19H2,1-7H3,(H2,34,38)/t28-,30-/m1/s1. The first-order valence-corrected chi connectivity index (χ1v) is 14.7. The van der Waals surface area contributed by atoms with Crippen molar-refractivity contribution in [1.29, 1.82) is 0 Å². The molecule has 0 aromatic heterocycles. The van der Waals surface area contributed by atoms with Crippen LogP contribution in [-0.2, 0) is 33.6 Å². The van der Waals surface area contributed by atoms with E-state index < -0.39 is 23.5 Å². The Morgan fingerprint density at radius 1 is 1.05 bits per heavy atom. The van der Waals surface area contributed by atoms with Crippen LogP contribution in [0.1, 0.15) is 57.7 Å². The van der Waals surface area contributed by atoms with Crippen LogP contribution >= 0.6 is 0 Å². The summed E-state index contributed by atoms with van der Waals surface area (Å²) in [5.41, 5.74) is 8.70. The maximum Gasteiger partial charge on any atom is 0.250 e. The molecule has 2 aromatic rings. The van der Waals surface area contributed by atoms with Crippen molar-refractivity contribution in [3.63, 3.8) is 0 Å². The Balaban J connectivity index is 1.83. The second-order valence-electron chi connectivity index (χ2n) is 13.2. The highest BCUT2D eigenvalue weighted by molar-refractivity contribution is 6.09. The molecule has 1 aliphatic carbocycles. The van der Waals surface area contributed by atoms with Gasteiger partial charge in [0, 0.05) is 18.2 Å². The van der Waals surface area contributed by atoms with E-state index in [4.69, 9.17) is 10.5 Å². The Bertz CT molecular complexity index is 1260. The van der Waals surface area contributed by atoms with E-state index in [0.29, 0.717) is 30.0 Å². The topological polar surface area (TPSA) is 96.2 Å². The van der Waals surface area contributed by atoms with Gasteiger partial charge in [-0.3, -0.25) is 19.3 Å². The zero-order valence-corrected chi connectivity index (χ0v) is 25.6. The van der Waals surface area contributed by atoms with Gasteiger partial charge in [-0.1, -0.05) is 44.2 Å². The fourth-order valence-electron chi connectivity index (χ4n) is 6.27. The van der Waals surface area contributed by atoms with Crippen molar-refractivity contribution in [3.05, 3.63) is 59.2 Å². The normalized spacial score (nSPS) is 19.8. The van der Waals surface area contributed by atoms with Crippen LogP contribution in [0, 0.1) is 11.8 Å². The lowest BCUT2D eigenvalue weighted by molar-refractivity contribution is -0.155. The van der Waals surface area contributed by atoms with E-state index in [9.17, 15) is 14.4 Å². The van der Waals surface area contributed by atoms with Crippen LogP contribution < -0.4 is 15.4 Å². The highest BCUT2D eigenvalue weighted by atomic mass is 16.5. The van der Waals surface area contributed by atoms with Crippen LogP contribution in [0.4, 0.5) is 5.69 Å². The van der Waals surface area contributed by atoms with Crippen molar-refractivity contribution in [1.82, 2.24) is 9.80 Å². The van der Waals surface area contributed by atoms with Gasteiger partial charge in [-0.05, 0) is 88.7 Å². The summed E-state index contributed by atoms with van der Waals surface area (Å²) in [7, 11) is 3.95. The average Bonchev–Trinajstić information content (AvgIpc) is 3.29. The number of ether oxygens (including phenoxy) is 1. The Kier molecular flexibility index (Phi) is 9.12. The molecule has 4 rings (SSSR count). The number of carbonyl (C=O) groups excluding carboxylic acids is 3. The van der Waals surface area contributed by atoms with Crippen molar-refractivity contribution < 1.29 is 19.1 Å². The summed E-state index contributed by atoms with van der Waals surface area (Å²) < 4.78 is 6.04. The molecule has 41 heavy (non-hydrogen) atoms. The van der Waals surface area contributed by atoms with Gasteiger partial charge >= 0.3 is 0 Å². The van der Waals surface area contributed by atoms with Gasteiger partial charge in [0.25, 0.3) is 5.91 Å². The SMILES string of the molecule is CC(C)C[C@@H]1C(=O)N(C(C)(C)C)[C@H](C2Cc3ccccc3C2)C(=O)N1c1cc(OCCN(C)C)ccc1CC(N)=O. The third-order valence-corrected chi connectivity index (χ3v) is 8.04. The summed E-state index contributed by atoms with van der Waals surface area (Å²) in [6, 6.07) is 12.3. The first-order valence-electron chi connectivity index (χ1n) is 14.7. The monoisotopic (exact) mass is 562 g/mol. The minimum atomic E-state index is -0.703. The summed E-state index contributed by atoms with van der Waals surface area (Å²) in [4.78, 5) is 47.1. The number of hydrogen-bond donors (Lipinski definition) is 1. The van der Waals surface area contributed by atoms with Gasteiger partial charge in [-0.25, -0.2) is 0 Å². The molecule has 0 spiro atoms. The van der Waals surface area contributed by atoms with Gasteiger partial charge in [0.15, 0.2) is 0 Å². The van der Waals surface area contributed by atoms with E-state index in [1.165, 1.54) is 11.1 Å². The summed E-state index contributed by atoms with van der Waals surface area (Å²) >= 11 is 0. The number of hydrogen-bond acceptors (Lipinski definition) is 5. The minimum Gasteiger partial charge on any atom is -0.492 e. The second kappa shape index (κ2) is 12.2. The predicted octanol–water partition coefficient (Wildman–Crippen LogP) is 3.83. The maximum atomic E-state index is 14.9. The third-order valence-electron chi connectivity index (χ3n) is 8.04. The maximum absolute atomic E-state index is 14.9. The Labute approximate surface area is 244 Å². The molecule has 3 amide bonds. The highest BCUT2D eigenvalue weighted by Crippen LogP contribution is 2.41. The number of likely N-dealkylation sites (N-methyl/N-ethyl adjacent to an activating group) is 1. The van der Waals surface area contributed by atoms with Crippen molar-refractivity contribution in [2.45, 2.75) is 77.9 Å². The molecule has 222 valence electrons.